The van der Waals surface area contributed by atoms with Gasteiger partial charge in [0.15, 0.2) is 11.5 Å². The van der Waals surface area contributed by atoms with Gasteiger partial charge < -0.3 is 15.3 Å². The number of nitrogens with zero attached hydrogens (tertiary/aromatic N) is 1. The summed E-state index contributed by atoms with van der Waals surface area (Å²) in [5.41, 5.74) is 5.18. The van der Waals surface area contributed by atoms with Crippen LogP contribution in [0.3, 0.4) is 0 Å². The lowest BCUT2D eigenvalue weighted by Gasteiger charge is -2.09. The van der Waals surface area contributed by atoms with Gasteiger partial charge in [-0.05, 0) is 35.9 Å². The normalized spacial score (nSPS) is 11.7. The molecule has 0 fully saturated rings. The van der Waals surface area contributed by atoms with Crippen molar-refractivity contribution in [2.45, 2.75) is 6.18 Å². The van der Waals surface area contributed by atoms with Gasteiger partial charge in [0.1, 0.15) is 0 Å². The van der Waals surface area contributed by atoms with Gasteiger partial charge in [-0.3, -0.25) is 4.98 Å². The number of nitrogens with two attached hydrogens (primary N) is 1. The van der Waals surface area contributed by atoms with E-state index in [-0.39, 0.29) is 33.5 Å². The van der Waals surface area contributed by atoms with E-state index in [2.05, 4.69) is 4.98 Å². The van der Waals surface area contributed by atoms with E-state index in [0.717, 1.165) is 12.1 Å². The molecule has 124 valence electrons. The highest BCUT2D eigenvalue weighted by Crippen LogP contribution is 2.46. The van der Waals surface area contributed by atoms with Gasteiger partial charge in [-0.2, -0.15) is 13.2 Å². The minimum atomic E-state index is -4.58. The molecule has 8 heteroatoms. The number of nitrogen functional groups attached to an aromatic ring is 1. The fraction of sp³-hybridized carbons (Fsp3) is 0.0625. The van der Waals surface area contributed by atoms with Crippen LogP contribution in [0.2, 0.25) is 5.02 Å². The molecule has 0 radical (unpaired) electrons. The van der Waals surface area contributed by atoms with Crippen molar-refractivity contribution in [2.24, 2.45) is 0 Å². The lowest BCUT2D eigenvalue weighted by Crippen LogP contribution is -2.05. The second-order valence-corrected chi connectivity index (χ2v) is 5.42. The average molecular weight is 355 g/mol. The van der Waals surface area contributed by atoms with E-state index in [4.69, 9.17) is 21.8 Å². The highest BCUT2D eigenvalue weighted by Gasteiger charge is 2.32. The predicted octanol–water partition coefficient (Wildman–Crippen LogP) is 4.97. The zero-order valence-corrected chi connectivity index (χ0v) is 12.7. The number of benzene rings is 1. The number of halogens is 4. The lowest BCUT2D eigenvalue weighted by molar-refractivity contribution is -0.137. The van der Waals surface area contributed by atoms with Crippen molar-refractivity contribution in [3.05, 3.63) is 53.3 Å². The lowest BCUT2D eigenvalue weighted by atomic mass is 10.0. The Morgan fingerprint density at radius 3 is 2.54 bits per heavy atom. The Balaban J connectivity index is 2.18. The van der Waals surface area contributed by atoms with E-state index >= 15 is 0 Å². The highest BCUT2D eigenvalue weighted by atomic mass is 35.5. The summed E-state index contributed by atoms with van der Waals surface area (Å²) < 4.78 is 44.2. The van der Waals surface area contributed by atoms with E-state index in [0.29, 0.717) is 5.56 Å². The Bertz CT molecular complexity index is 892. The van der Waals surface area contributed by atoms with Crippen molar-refractivity contribution >= 4 is 17.5 Å². The predicted molar refractivity (Wildman–Crippen MR) is 83.5 cm³/mol. The largest absolute Gasteiger partial charge is 0.504 e. The number of furan rings is 1. The molecule has 0 amide bonds. The van der Waals surface area contributed by atoms with Crippen LogP contribution in [0.25, 0.3) is 22.5 Å². The Morgan fingerprint density at radius 1 is 1.17 bits per heavy atom. The average Bonchev–Trinajstić information content (AvgIpc) is 2.81. The van der Waals surface area contributed by atoms with Crippen LogP contribution >= 0.6 is 11.6 Å². The van der Waals surface area contributed by atoms with Crippen LogP contribution in [0.15, 0.2) is 47.1 Å². The van der Waals surface area contributed by atoms with Crippen molar-refractivity contribution in [1.82, 2.24) is 4.98 Å². The second kappa shape index (κ2) is 5.76. The molecule has 0 bridgehead atoms. The summed E-state index contributed by atoms with van der Waals surface area (Å²) in [6, 6.07) is 6.15. The fourth-order valence-electron chi connectivity index (χ4n) is 2.31. The van der Waals surface area contributed by atoms with E-state index in [1.54, 1.807) is 12.1 Å². The molecule has 0 aliphatic carbocycles. The molecule has 3 N–H and O–H groups in total. The molecule has 3 rings (SSSR count). The molecular formula is C16H10ClF3N2O2. The first kappa shape index (κ1) is 16.2. The van der Waals surface area contributed by atoms with Crippen LogP contribution < -0.4 is 5.73 Å². The summed E-state index contributed by atoms with van der Waals surface area (Å²) in [7, 11) is 0. The summed E-state index contributed by atoms with van der Waals surface area (Å²) >= 11 is 5.77. The van der Waals surface area contributed by atoms with Gasteiger partial charge in [0.2, 0.25) is 5.88 Å². The van der Waals surface area contributed by atoms with Gasteiger partial charge in [-0.15, -0.1) is 0 Å². The maximum Gasteiger partial charge on any atom is 0.416 e. The summed E-state index contributed by atoms with van der Waals surface area (Å²) in [5, 5.41) is 10.2. The number of pyridine rings is 1. The summed E-state index contributed by atoms with van der Waals surface area (Å²) in [4.78, 5) is 3.89. The Labute approximate surface area is 139 Å². The first-order valence-corrected chi connectivity index (χ1v) is 7.05. The highest BCUT2D eigenvalue weighted by molar-refractivity contribution is 6.31. The summed E-state index contributed by atoms with van der Waals surface area (Å²) in [6.07, 6.45) is -1.62. The third-order valence-corrected chi connectivity index (χ3v) is 3.57. The van der Waals surface area contributed by atoms with Crippen LogP contribution in [0, 0.1) is 0 Å². The number of alkyl halides is 3. The number of hydrogen-bond acceptors (Lipinski definition) is 4. The van der Waals surface area contributed by atoms with Crippen LogP contribution in [0.5, 0.6) is 5.75 Å². The molecule has 4 nitrogen and oxygen atoms in total. The number of anilines is 1. The van der Waals surface area contributed by atoms with Gasteiger partial charge in [0, 0.05) is 23.0 Å². The van der Waals surface area contributed by atoms with Gasteiger partial charge >= 0.3 is 6.18 Å². The van der Waals surface area contributed by atoms with Crippen molar-refractivity contribution in [3.63, 3.8) is 0 Å². The quantitative estimate of drug-likeness (QED) is 0.681. The fourth-order valence-corrected chi connectivity index (χ4v) is 2.54. The summed E-state index contributed by atoms with van der Waals surface area (Å²) in [6.45, 7) is 0. The Kier molecular flexibility index (Phi) is 3.88. The van der Waals surface area contributed by atoms with Crippen molar-refractivity contribution < 1.29 is 22.7 Å². The van der Waals surface area contributed by atoms with Crippen molar-refractivity contribution in [3.8, 4) is 28.2 Å². The molecular weight excluding hydrogens is 345 g/mol. The SMILES string of the molecule is Nc1oc(-c2cccnc2)c(O)c1-c1cc(Cl)cc(C(F)(F)F)c1. The molecule has 0 spiro atoms. The van der Waals surface area contributed by atoms with Gasteiger partial charge in [-0.1, -0.05) is 11.6 Å². The van der Waals surface area contributed by atoms with Crippen LogP contribution in [-0.2, 0) is 6.18 Å². The number of aromatic nitrogens is 1. The van der Waals surface area contributed by atoms with Crippen LogP contribution in [0.1, 0.15) is 5.56 Å². The Hall–Kier alpha value is -2.67. The maximum atomic E-state index is 13.0. The van der Waals surface area contributed by atoms with E-state index in [1.165, 1.54) is 18.5 Å². The molecule has 3 aromatic rings. The van der Waals surface area contributed by atoms with Crippen LogP contribution in [-0.4, -0.2) is 10.1 Å². The van der Waals surface area contributed by atoms with E-state index < -0.39 is 11.7 Å². The topological polar surface area (TPSA) is 72.3 Å². The van der Waals surface area contributed by atoms with Crippen LogP contribution in [0.4, 0.5) is 19.1 Å². The van der Waals surface area contributed by atoms with E-state index in [9.17, 15) is 18.3 Å². The molecule has 0 aliphatic heterocycles. The minimum Gasteiger partial charge on any atom is -0.504 e. The molecule has 0 aliphatic rings. The number of rotatable bonds is 2. The Morgan fingerprint density at radius 2 is 1.92 bits per heavy atom. The number of hydrogen-bond donors (Lipinski definition) is 2. The third-order valence-electron chi connectivity index (χ3n) is 3.35. The molecule has 2 aromatic heterocycles. The number of aromatic hydroxyl groups is 1. The van der Waals surface area contributed by atoms with Crippen molar-refractivity contribution in [1.29, 1.82) is 0 Å². The van der Waals surface area contributed by atoms with Gasteiger partial charge in [-0.25, -0.2) is 0 Å². The van der Waals surface area contributed by atoms with Crippen molar-refractivity contribution in [2.75, 3.05) is 5.73 Å². The zero-order chi connectivity index (χ0) is 17.5. The third kappa shape index (κ3) is 2.90. The van der Waals surface area contributed by atoms with Gasteiger partial charge in [0.05, 0.1) is 11.1 Å². The minimum absolute atomic E-state index is 0.00344. The zero-order valence-electron chi connectivity index (χ0n) is 11.9. The van der Waals surface area contributed by atoms with Gasteiger partial charge in [0.25, 0.3) is 0 Å². The molecule has 0 unspecified atom stereocenters. The first-order valence-electron chi connectivity index (χ1n) is 6.67. The van der Waals surface area contributed by atoms with E-state index in [1.807, 2.05) is 0 Å². The smallest absolute Gasteiger partial charge is 0.416 e. The standard InChI is InChI=1S/C16H10ClF3N2O2/c17-11-5-9(4-10(6-11)16(18,19)20)12-13(23)14(24-15(12)21)8-2-1-3-22-7-8/h1-7,23H,21H2. The molecule has 2 heterocycles. The summed E-state index contributed by atoms with van der Waals surface area (Å²) in [5.74, 6) is -0.582. The molecule has 0 saturated heterocycles. The molecule has 0 saturated carbocycles. The molecule has 1 aromatic carbocycles. The molecule has 24 heavy (non-hydrogen) atoms. The molecule has 0 atom stereocenters. The second-order valence-electron chi connectivity index (χ2n) is 4.99. The first-order chi connectivity index (χ1) is 11.3. The maximum absolute atomic E-state index is 13.0. The monoisotopic (exact) mass is 354 g/mol.